The molecule has 4 saturated carbocycles. The first-order chi connectivity index (χ1) is 13.7. The molecule has 7 atom stereocenters. The van der Waals surface area contributed by atoms with Gasteiger partial charge in [0, 0.05) is 5.41 Å². The van der Waals surface area contributed by atoms with Crippen molar-refractivity contribution in [3.63, 3.8) is 0 Å². The minimum Gasteiger partial charge on any atom is -0.411 e. The molecular formula is C25H35NO2. The van der Waals surface area contributed by atoms with Gasteiger partial charge in [0.1, 0.15) is 0 Å². The van der Waals surface area contributed by atoms with Crippen molar-refractivity contribution in [2.24, 2.45) is 46.1 Å². The first-order valence-corrected chi connectivity index (χ1v) is 11.9. The van der Waals surface area contributed by atoms with E-state index in [1.54, 1.807) is 5.57 Å². The predicted molar refractivity (Wildman–Crippen MR) is 110 cm³/mol. The normalized spacial score (nSPS) is 51.1. The molecule has 28 heavy (non-hydrogen) atoms. The summed E-state index contributed by atoms with van der Waals surface area (Å²) in [6.07, 6.45) is 20.0. The molecule has 5 aliphatic carbocycles. The van der Waals surface area contributed by atoms with Gasteiger partial charge in [-0.2, -0.15) is 0 Å². The van der Waals surface area contributed by atoms with E-state index in [1.165, 1.54) is 57.8 Å². The van der Waals surface area contributed by atoms with Crippen LogP contribution in [0.4, 0.5) is 0 Å². The lowest BCUT2D eigenvalue weighted by atomic mass is 9.46. The summed E-state index contributed by atoms with van der Waals surface area (Å²) in [6, 6.07) is 0. The SMILES string of the molecule is CCC12CCC3C4CC/C(=N\O)C=C4C[C@H](C4CC4)C3C1CCC21C=CCO1. The summed E-state index contributed by atoms with van der Waals surface area (Å²) in [5.74, 6) is 5.16. The van der Waals surface area contributed by atoms with Crippen LogP contribution in [-0.2, 0) is 4.74 Å². The Labute approximate surface area is 169 Å². The topological polar surface area (TPSA) is 41.8 Å². The van der Waals surface area contributed by atoms with Gasteiger partial charge in [-0.3, -0.25) is 0 Å². The van der Waals surface area contributed by atoms with E-state index >= 15 is 0 Å². The van der Waals surface area contributed by atoms with Gasteiger partial charge in [0.05, 0.1) is 17.9 Å². The Morgan fingerprint density at radius 2 is 2.04 bits per heavy atom. The second kappa shape index (κ2) is 6.20. The maximum absolute atomic E-state index is 9.33. The smallest absolute Gasteiger partial charge is 0.0926 e. The Morgan fingerprint density at radius 3 is 2.75 bits per heavy atom. The summed E-state index contributed by atoms with van der Waals surface area (Å²) in [6.45, 7) is 3.27. The molecule has 0 saturated heterocycles. The summed E-state index contributed by atoms with van der Waals surface area (Å²) in [5.41, 5.74) is 2.97. The molecule has 6 rings (SSSR count). The largest absolute Gasteiger partial charge is 0.411 e. The van der Waals surface area contributed by atoms with E-state index in [4.69, 9.17) is 4.74 Å². The molecule has 3 heteroatoms. The van der Waals surface area contributed by atoms with Crippen molar-refractivity contribution in [3.8, 4) is 0 Å². The summed E-state index contributed by atoms with van der Waals surface area (Å²) < 4.78 is 6.53. The number of hydrogen-bond acceptors (Lipinski definition) is 3. The van der Waals surface area contributed by atoms with Gasteiger partial charge in [0.15, 0.2) is 0 Å². The minimum absolute atomic E-state index is 0.0465. The second-order valence-electron chi connectivity index (χ2n) is 10.7. The van der Waals surface area contributed by atoms with Gasteiger partial charge in [-0.05, 0) is 106 Å². The summed E-state index contributed by atoms with van der Waals surface area (Å²) in [5, 5.41) is 12.9. The number of fused-ring (bicyclic) bond motifs is 6. The first kappa shape index (κ1) is 17.7. The van der Waals surface area contributed by atoms with Gasteiger partial charge in [0.25, 0.3) is 0 Å². The lowest BCUT2D eigenvalue weighted by molar-refractivity contribution is -0.134. The van der Waals surface area contributed by atoms with Gasteiger partial charge >= 0.3 is 0 Å². The molecule has 0 radical (unpaired) electrons. The van der Waals surface area contributed by atoms with Crippen molar-refractivity contribution in [2.45, 2.75) is 76.7 Å². The quantitative estimate of drug-likeness (QED) is 0.376. The highest BCUT2D eigenvalue weighted by atomic mass is 16.5. The standard InChI is InChI=1S/C25H35NO2/c1-2-24-11-8-20-19-7-6-18(26-27)14-17(19)15-21(16-4-5-16)23(20)22(24)9-12-25(24)10-3-13-28-25/h3,10,14,16,19-23,27H,2,4-9,11-13,15H2,1H3/b26-18+/t19?,20?,21-,22?,23?,24?,25?/m1/s1. The van der Waals surface area contributed by atoms with Crippen LogP contribution in [0.2, 0.25) is 0 Å². The van der Waals surface area contributed by atoms with Crippen LogP contribution in [0.1, 0.15) is 71.1 Å². The lowest BCUT2D eigenvalue weighted by Crippen LogP contribution is -2.55. The summed E-state index contributed by atoms with van der Waals surface area (Å²) in [4.78, 5) is 0. The zero-order valence-corrected chi connectivity index (χ0v) is 17.3. The molecule has 6 aliphatic rings. The van der Waals surface area contributed by atoms with E-state index in [0.29, 0.717) is 5.41 Å². The van der Waals surface area contributed by atoms with E-state index in [-0.39, 0.29) is 5.60 Å². The molecule has 152 valence electrons. The van der Waals surface area contributed by atoms with Crippen LogP contribution < -0.4 is 0 Å². The molecule has 1 spiro atoms. The minimum atomic E-state index is 0.0465. The fraction of sp³-hybridized carbons (Fsp3) is 0.800. The predicted octanol–water partition coefficient (Wildman–Crippen LogP) is 5.74. The Kier molecular flexibility index (Phi) is 3.93. The summed E-state index contributed by atoms with van der Waals surface area (Å²) in [7, 11) is 0. The fourth-order valence-corrected chi connectivity index (χ4v) is 8.93. The Morgan fingerprint density at radius 1 is 1.14 bits per heavy atom. The third-order valence-electron chi connectivity index (χ3n) is 10.1. The van der Waals surface area contributed by atoms with Crippen LogP contribution in [0.5, 0.6) is 0 Å². The molecule has 1 aliphatic heterocycles. The van der Waals surface area contributed by atoms with E-state index in [1.807, 2.05) is 0 Å². The summed E-state index contributed by atoms with van der Waals surface area (Å²) >= 11 is 0. The zero-order valence-electron chi connectivity index (χ0n) is 17.3. The highest BCUT2D eigenvalue weighted by molar-refractivity contribution is 5.96. The molecule has 0 amide bonds. The highest BCUT2D eigenvalue weighted by Gasteiger charge is 2.66. The number of nitrogens with zero attached hydrogens (tertiary/aromatic N) is 1. The van der Waals surface area contributed by atoms with Crippen LogP contribution in [0.25, 0.3) is 0 Å². The molecular weight excluding hydrogens is 346 g/mol. The van der Waals surface area contributed by atoms with Crippen molar-refractivity contribution in [1.82, 2.24) is 0 Å². The Bertz CT molecular complexity index is 750. The fourth-order valence-electron chi connectivity index (χ4n) is 8.93. The van der Waals surface area contributed by atoms with E-state index < -0.39 is 0 Å². The van der Waals surface area contributed by atoms with Crippen molar-refractivity contribution in [3.05, 3.63) is 23.8 Å². The van der Waals surface area contributed by atoms with Crippen LogP contribution in [0.15, 0.2) is 29.0 Å². The number of ether oxygens (including phenoxy) is 1. The second-order valence-corrected chi connectivity index (χ2v) is 10.7. The third kappa shape index (κ3) is 2.23. The highest BCUT2D eigenvalue weighted by Crippen LogP contribution is 2.70. The first-order valence-electron chi connectivity index (χ1n) is 11.9. The molecule has 3 nitrogen and oxygen atoms in total. The molecule has 1 heterocycles. The van der Waals surface area contributed by atoms with Crippen LogP contribution in [0, 0.1) is 40.9 Å². The molecule has 0 aromatic rings. The van der Waals surface area contributed by atoms with E-state index in [2.05, 4.69) is 30.3 Å². The van der Waals surface area contributed by atoms with Crippen molar-refractivity contribution in [1.29, 1.82) is 0 Å². The number of rotatable bonds is 2. The monoisotopic (exact) mass is 381 g/mol. The average Bonchev–Trinajstić information content (AvgIpc) is 3.39. The molecule has 0 aromatic heterocycles. The molecule has 4 fully saturated rings. The van der Waals surface area contributed by atoms with Gasteiger partial charge in [-0.1, -0.05) is 29.8 Å². The maximum atomic E-state index is 9.33. The van der Waals surface area contributed by atoms with Crippen LogP contribution in [0.3, 0.4) is 0 Å². The van der Waals surface area contributed by atoms with Crippen molar-refractivity contribution >= 4 is 5.71 Å². The van der Waals surface area contributed by atoms with Gasteiger partial charge in [0.2, 0.25) is 0 Å². The van der Waals surface area contributed by atoms with E-state index in [0.717, 1.165) is 54.2 Å². The van der Waals surface area contributed by atoms with Gasteiger partial charge in [-0.25, -0.2) is 0 Å². The Hall–Kier alpha value is -1.09. The van der Waals surface area contributed by atoms with E-state index in [9.17, 15) is 5.21 Å². The van der Waals surface area contributed by atoms with Crippen LogP contribution in [-0.4, -0.2) is 23.1 Å². The van der Waals surface area contributed by atoms with Crippen molar-refractivity contribution in [2.75, 3.05) is 6.61 Å². The van der Waals surface area contributed by atoms with Gasteiger partial charge in [-0.15, -0.1) is 0 Å². The molecule has 0 aromatic carbocycles. The van der Waals surface area contributed by atoms with Gasteiger partial charge < -0.3 is 9.94 Å². The van der Waals surface area contributed by atoms with Crippen LogP contribution >= 0.6 is 0 Å². The maximum Gasteiger partial charge on any atom is 0.0926 e. The lowest BCUT2D eigenvalue weighted by Gasteiger charge is -2.59. The average molecular weight is 382 g/mol. The zero-order chi connectivity index (χ0) is 18.9. The molecule has 6 unspecified atom stereocenters. The number of allylic oxidation sites excluding steroid dienone is 2. The Balaban J connectivity index is 1.40. The molecule has 1 N–H and O–H groups in total. The molecule has 0 bridgehead atoms. The number of oxime groups is 1. The van der Waals surface area contributed by atoms with Crippen molar-refractivity contribution < 1.29 is 9.94 Å². The third-order valence-corrected chi connectivity index (χ3v) is 10.1. The number of hydrogen-bond donors (Lipinski definition) is 1.